The molecule has 1 heterocycles. The zero-order valence-corrected chi connectivity index (χ0v) is 16.7. The first-order chi connectivity index (χ1) is 11.9. The van der Waals surface area contributed by atoms with Crippen molar-refractivity contribution in [2.45, 2.75) is 0 Å². The molecule has 24 heavy (non-hydrogen) atoms. The summed E-state index contributed by atoms with van der Waals surface area (Å²) in [4.78, 5) is 0. The highest BCUT2D eigenvalue weighted by Gasteiger charge is 2.48. The third-order valence-corrected chi connectivity index (χ3v) is 13.3. The summed E-state index contributed by atoms with van der Waals surface area (Å²) >= 11 is 0. The Bertz CT molecular complexity index is 745. The molecular formula is C18H18O3Si3. The van der Waals surface area contributed by atoms with Crippen LogP contribution in [0.3, 0.4) is 0 Å². The van der Waals surface area contributed by atoms with Gasteiger partial charge in [-0.15, -0.1) is 0 Å². The fourth-order valence-electron chi connectivity index (χ4n) is 2.96. The quantitative estimate of drug-likeness (QED) is 0.630. The molecule has 1 aliphatic heterocycles. The van der Waals surface area contributed by atoms with E-state index >= 15 is 0 Å². The van der Waals surface area contributed by atoms with Crippen LogP contribution in [-0.4, -0.2) is 27.9 Å². The van der Waals surface area contributed by atoms with Crippen LogP contribution in [0.1, 0.15) is 0 Å². The van der Waals surface area contributed by atoms with E-state index in [0.29, 0.717) is 0 Å². The predicted octanol–water partition coefficient (Wildman–Crippen LogP) is 0.433. The second kappa shape index (κ2) is 6.98. The van der Waals surface area contributed by atoms with Crippen molar-refractivity contribution >= 4 is 43.4 Å². The Morgan fingerprint density at radius 1 is 0.667 bits per heavy atom. The van der Waals surface area contributed by atoms with Crippen LogP contribution in [0.25, 0.3) is 0 Å². The van der Waals surface area contributed by atoms with Gasteiger partial charge in [0.25, 0.3) is 10.0 Å². The average molecular weight is 367 g/mol. The molecule has 3 aromatic carbocycles. The van der Waals surface area contributed by atoms with Gasteiger partial charge >= 0.3 is 17.8 Å². The van der Waals surface area contributed by atoms with E-state index in [4.69, 9.17) is 12.3 Å². The van der Waals surface area contributed by atoms with E-state index in [1.165, 1.54) is 5.19 Å². The molecule has 0 saturated carbocycles. The topological polar surface area (TPSA) is 27.7 Å². The van der Waals surface area contributed by atoms with Gasteiger partial charge in [-0.2, -0.15) is 0 Å². The van der Waals surface area contributed by atoms with Crippen molar-refractivity contribution in [3.63, 3.8) is 0 Å². The summed E-state index contributed by atoms with van der Waals surface area (Å²) < 4.78 is 19.1. The van der Waals surface area contributed by atoms with E-state index in [9.17, 15) is 0 Å². The van der Waals surface area contributed by atoms with Gasteiger partial charge in [0, 0.05) is 0 Å². The summed E-state index contributed by atoms with van der Waals surface area (Å²) in [5.74, 6) is 0. The van der Waals surface area contributed by atoms with Crippen LogP contribution in [0.5, 0.6) is 0 Å². The first kappa shape index (κ1) is 15.7. The first-order valence-corrected chi connectivity index (χ1v) is 12.5. The van der Waals surface area contributed by atoms with E-state index in [1.54, 1.807) is 0 Å². The zero-order valence-electron chi connectivity index (χ0n) is 13.2. The molecule has 0 radical (unpaired) electrons. The Balaban J connectivity index is 1.79. The Labute approximate surface area is 147 Å². The number of benzene rings is 3. The minimum absolute atomic E-state index is 1.08. The second-order valence-electron chi connectivity index (χ2n) is 5.64. The van der Waals surface area contributed by atoms with E-state index in [1.807, 2.05) is 30.3 Å². The molecule has 0 amide bonds. The van der Waals surface area contributed by atoms with Crippen molar-refractivity contribution in [3.05, 3.63) is 91.0 Å². The standard InChI is InChI=1S/C18H18O3Si3/c1-4-10-16(11-5-1)23-19-22-20-24(21-23,17-12-6-2-7-13-17)18-14-8-3-9-15-18/h1-15,23H,22H2. The fourth-order valence-corrected chi connectivity index (χ4v) is 13.8. The number of hydrogen-bond donors (Lipinski definition) is 0. The highest BCUT2D eigenvalue weighted by Crippen LogP contribution is 2.15. The van der Waals surface area contributed by atoms with Crippen LogP contribution in [0.4, 0.5) is 0 Å². The molecule has 0 bridgehead atoms. The Morgan fingerprint density at radius 3 is 1.71 bits per heavy atom. The molecule has 4 rings (SSSR count). The molecule has 1 atom stereocenters. The molecule has 0 spiro atoms. The van der Waals surface area contributed by atoms with E-state index in [0.717, 1.165) is 10.4 Å². The van der Waals surface area contributed by atoms with Crippen LogP contribution in [-0.2, 0) is 12.3 Å². The third kappa shape index (κ3) is 2.95. The van der Waals surface area contributed by atoms with Crippen molar-refractivity contribution in [2.24, 2.45) is 0 Å². The maximum Gasteiger partial charge on any atom is 0.389 e. The van der Waals surface area contributed by atoms with Gasteiger partial charge in [-0.25, -0.2) is 0 Å². The summed E-state index contributed by atoms with van der Waals surface area (Å²) in [6.45, 7) is 0. The third-order valence-electron chi connectivity index (χ3n) is 4.13. The minimum atomic E-state index is -2.68. The van der Waals surface area contributed by atoms with Gasteiger partial charge in [-0.05, 0) is 15.6 Å². The van der Waals surface area contributed by atoms with Crippen molar-refractivity contribution in [1.82, 2.24) is 0 Å². The molecule has 3 aromatic rings. The maximum atomic E-state index is 6.70. The predicted molar refractivity (Wildman–Crippen MR) is 103 cm³/mol. The van der Waals surface area contributed by atoms with E-state index in [2.05, 4.69) is 60.7 Å². The lowest BCUT2D eigenvalue weighted by molar-refractivity contribution is 0.306. The van der Waals surface area contributed by atoms with Crippen molar-refractivity contribution in [2.75, 3.05) is 0 Å². The Morgan fingerprint density at radius 2 is 1.17 bits per heavy atom. The highest BCUT2D eigenvalue weighted by molar-refractivity contribution is 7.00. The molecule has 0 aromatic heterocycles. The molecule has 6 heteroatoms. The summed E-state index contributed by atoms with van der Waals surface area (Å²) in [7, 11) is -5.71. The van der Waals surface area contributed by atoms with Crippen molar-refractivity contribution < 1.29 is 12.3 Å². The van der Waals surface area contributed by atoms with Gasteiger partial charge in [0.1, 0.15) is 0 Å². The molecular weight excluding hydrogens is 348 g/mol. The molecule has 0 aliphatic carbocycles. The van der Waals surface area contributed by atoms with E-state index < -0.39 is 27.9 Å². The van der Waals surface area contributed by atoms with Gasteiger partial charge in [-0.3, -0.25) is 0 Å². The monoisotopic (exact) mass is 366 g/mol. The molecule has 1 fully saturated rings. The normalized spacial score (nSPS) is 20.8. The highest BCUT2D eigenvalue weighted by atomic mass is 28.5. The van der Waals surface area contributed by atoms with Crippen molar-refractivity contribution in [1.29, 1.82) is 0 Å². The van der Waals surface area contributed by atoms with Gasteiger partial charge in [0.05, 0.1) is 0 Å². The van der Waals surface area contributed by atoms with Gasteiger partial charge in [0.15, 0.2) is 0 Å². The minimum Gasteiger partial charge on any atom is -0.419 e. The second-order valence-corrected chi connectivity index (χ2v) is 13.0. The smallest absolute Gasteiger partial charge is 0.389 e. The largest absolute Gasteiger partial charge is 0.419 e. The summed E-state index contributed by atoms with van der Waals surface area (Å²) in [5, 5.41) is 3.48. The lowest BCUT2D eigenvalue weighted by Gasteiger charge is -2.39. The maximum absolute atomic E-state index is 6.70. The van der Waals surface area contributed by atoms with E-state index in [-0.39, 0.29) is 0 Å². The molecule has 1 unspecified atom stereocenters. The van der Waals surface area contributed by atoms with Gasteiger partial charge < -0.3 is 12.3 Å². The molecule has 120 valence electrons. The number of hydrogen-bond acceptors (Lipinski definition) is 3. The Hall–Kier alpha value is -1.81. The van der Waals surface area contributed by atoms with Crippen LogP contribution in [0, 0.1) is 0 Å². The molecule has 3 nitrogen and oxygen atoms in total. The summed E-state index contributed by atoms with van der Waals surface area (Å²) in [6.07, 6.45) is 0. The van der Waals surface area contributed by atoms with Gasteiger partial charge in [0.2, 0.25) is 0 Å². The van der Waals surface area contributed by atoms with Crippen LogP contribution >= 0.6 is 0 Å². The lowest BCUT2D eigenvalue weighted by atomic mass is 10.4. The van der Waals surface area contributed by atoms with Gasteiger partial charge in [-0.1, -0.05) is 91.0 Å². The van der Waals surface area contributed by atoms with Crippen LogP contribution in [0.2, 0.25) is 0 Å². The summed E-state index contributed by atoms with van der Waals surface area (Å²) in [6, 6.07) is 31.1. The summed E-state index contributed by atoms with van der Waals surface area (Å²) in [5.41, 5.74) is 0. The van der Waals surface area contributed by atoms with Crippen LogP contribution in [0.15, 0.2) is 91.0 Å². The Kier molecular flexibility index (Phi) is 4.56. The molecule has 1 aliphatic rings. The molecule has 0 N–H and O–H groups in total. The first-order valence-electron chi connectivity index (χ1n) is 7.98. The fraction of sp³-hybridized carbons (Fsp3) is 0. The SMILES string of the molecule is c1ccc([SiH]2O[SiH2]O[Si](c3ccccc3)(c3ccccc3)O2)cc1. The lowest BCUT2D eigenvalue weighted by Crippen LogP contribution is -2.70. The van der Waals surface area contributed by atoms with Crippen LogP contribution < -0.4 is 15.6 Å². The van der Waals surface area contributed by atoms with Crippen molar-refractivity contribution in [3.8, 4) is 0 Å². The number of rotatable bonds is 3. The molecule has 1 saturated heterocycles. The zero-order chi connectivity index (χ0) is 16.2. The average Bonchev–Trinajstić information content (AvgIpc) is 2.70.